The lowest BCUT2D eigenvalue weighted by molar-refractivity contribution is 0.0717. The molecule has 1 N–H and O–H groups in total. The van der Waals surface area contributed by atoms with Crippen molar-refractivity contribution in [3.63, 3.8) is 0 Å². The zero-order chi connectivity index (χ0) is 13.8. The van der Waals surface area contributed by atoms with Gasteiger partial charge in [-0.1, -0.05) is 6.07 Å². The fourth-order valence-corrected chi connectivity index (χ4v) is 3.38. The molecule has 19 heavy (non-hydrogen) atoms. The van der Waals surface area contributed by atoms with E-state index in [9.17, 15) is 4.79 Å². The van der Waals surface area contributed by atoms with Crippen molar-refractivity contribution in [3.05, 3.63) is 29.3 Å². The number of nitrogens with zero attached hydrogens (tertiary/aromatic N) is 1. The Bertz CT molecular complexity index is 461. The molecule has 1 aromatic carbocycles. The zero-order valence-electron chi connectivity index (χ0n) is 11.9. The van der Waals surface area contributed by atoms with E-state index in [1.807, 2.05) is 28.8 Å². The number of hydrogen-bond donors (Lipinski definition) is 1. The lowest BCUT2D eigenvalue weighted by Crippen LogP contribution is -2.44. The number of hydrogen-bond acceptors (Lipinski definition) is 3. The van der Waals surface area contributed by atoms with Gasteiger partial charge in [0, 0.05) is 36.3 Å². The maximum atomic E-state index is 12.7. The summed E-state index contributed by atoms with van der Waals surface area (Å²) in [4.78, 5) is 14.7. The first kappa shape index (κ1) is 14.3. The summed E-state index contributed by atoms with van der Waals surface area (Å²) in [5, 5.41) is 3.30. The Labute approximate surface area is 119 Å². The number of aryl methyl sites for hydroxylation is 1. The normalized spacial score (nSPS) is 19.3. The molecule has 0 spiro atoms. The predicted octanol–water partition coefficient (Wildman–Crippen LogP) is 3.00. The number of benzene rings is 1. The van der Waals surface area contributed by atoms with Crippen LogP contribution in [0.1, 0.15) is 29.8 Å². The van der Waals surface area contributed by atoms with Crippen molar-refractivity contribution in [2.45, 2.75) is 26.8 Å². The highest BCUT2D eigenvalue weighted by Gasteiger charge is 2.25. The van der Waals surface area contributed by atoms with E-state index >= 15 is 0 Å². The van der Waals surface area contributed by atoms with Gasteiger partial charge in [-0.05, 0) is 38.5 Å². The smallest absolute Gasteiger partial charge is 0.256 e. The number of nitrogens with one attached hydrogen (secondary N) is 1. The Kier molecular flexibility index (Phi) is 4.75. The van der Waals surface area contributed by atoms with E-state index in [-0.39, 0.29) is 5.91 Å². The minimum absolute atomic E-state index is 0.156. The van der Waals surface area contributed by atoms with Gasteiger partial charge in [-0.2, -0.15) is 11.8 Å². The highest BCUT2D eigenvalue weighted by atomic mass is 32.2. The first-order valence-corrected chi connectivity index (χ1v) is 8.02. The average molecular weight is 278 g/mol. The molecule has 1 fully saturated rings. The second kappa shape index (κ2) is 6.33. The number of anilines is 1. The van der Waals surface area contributed by atoms with Crippen LogP contribution in [0.25, 0.3) is 0 Å². The summed E-state index contributed by atoms with van der Waals surface area (Å²) in [5.41, 5.74) is 2.93. The van der Waals surface area contributed by atoms with Crippen molar-refractivity contribution in [2.75, 3.05) is 29.9 Å². The molecule has 0 saturated carbocycles. The fourth-order valence-electron chi connectivity index (χ4n) is 2.36. The molecular formula is C15H22N2OS. The van der Waals surface area contributed by atoms with Gasteiger partial charge in [0.15, 0.2) is 0 Å². The van der Waals surface area contributed by atoms with Gasteiger partial charge in [0.2, 0.25) is 0 Å². The number of rotatable bonds is 3. The van der Waals surface area contributed by atoms with Crippen molar-refractivity contribution in [2.24, 2.45) is 0 Å². The van der Waals surface area contributed by atoms with E-state index in [0.29, 0.717) is 6.04 Å². The van der Waals surface area contributed by atoms with Gasteiger partial charge in [-0.15, -0.1) is 0 Å². The highest BCUT2D eigenvalue weighted by molar-refractivity contribution is 7.99. The third kappa shape index (κ3) is 3.24. The molecule has 0 aromatic heterocycles. The van der Waals surface area contributed by atoms with Crippen LogP contribution in [0, 0.1) is 6.92 Å². The Morgan fingerprint density at radius 2 is 2.32 bits per heavy atom. The third-order valence-corrected chi connectivity index (χ3v) is 4.59. The molecule has 1 aromatic rings. The molecule has 1 atom stereocenters. The second-order valence-corrected chi connectivity index (χ2v) is 6.15. The highest BCUT2D eigenvalue weighted by Crippen LogP contribution is 2.23. The number of carbonyl (C=O) groups excluding carboxylic acids is 1. The third-order valence-electron chi connectivity index (χ3n) is 3.40. The number of carbonyl (C=O) groups is 1. The summed E-state index contributed by atoms with van der Waals surface area (Å²) in [6.07, 6.45) is 0. The van der Waals surface area contributed by atoms with Crippen LogP contribution in [0.3, 0.4) is 0 Å². The summed E-state index contributed by atoms with van der Waals surface area (Å²) in [5.74, 6) is 2.23. The predicted molar refractivity (Wildman–Crippen MR) is 83.2 cm³/mol. The van der Waals surface area contributed by atoms with Crippen LogP contribution in [-0.4, -0.2) is 41.4 Å². The van der Waals surface area contributed by atoms with E-state index in [1.54, 1.807) is 0 Å². The summed E-state index contributed by atoms with van der Waals surface area (Å²) < 4.78 is 0. The quantitative estimate of drug-likeness (QED) is 0.922. The van der Waals surface area contributed by atoms with Crippen LogP contribution < -0.4 is 5.32 Å². The maximum absolute atomic E-state index is 12.7. The first-order chi connectivity index (χ1) is 9.13. The Morgan fingerprint density at radius 3 is 3.00 bits per heavy atom. The summed E-state index contributed by atoms with van der Waals surface area (Å²) >= 11 is 1.93. The molecule has 1 heterocycles. The van der Waals surface area contributed by atoms with Crippen molar-refractivity contribution >= 4 is 23.4 Å². The largest absolute Gasteiger partial charge is 0.385 e. The van der Waals surface area contributed by atoms with Gasteiger partial charge in [-0.25, -0.2) is 0 Å². The van der Waals surface area contributed by atoms with Crippen molar-refractivity contribution < 1.29 is 4.79 Å². The Balaban J connectivity index is 2.27. The van der Waals surface area contributed by atoms with E-state index < -0.39 is 0 Å². The molecule has 1 unspecified atom stereocenters. The van der Waals surface area contributed by atoms with E-state index in [0.717, 1.165) is 35.8 Å². The lowest BCUT2D eigenvalue weighted by Gasteiger charge is -2.33. The van der Waals surface area contributed by atoms with Gasteiger partial charge >= 0.3 is 0 Å². The van der Waals surface area contributed by atoms with Crippen LogP contribution in [0.5, 0.6) is 0 Å². The SMILES string of the molecule is CCNc1cc(C)ccc1C(=O)N1CCSCC1C. The summed E-state index contributed by atoms with van der Waals surface area (Å²) in [6, 6.07) is 6.34. The van der Waals surface area contributed by atoms with Crippen LogP contribution in [-0.2, 0) is 0 Å². The molecule has 1 saturated heterocycles. The molecule has 0 bridgehead atoms. The molecule has 3 nitrogen and oxygen atoms in total. The fraction of sp³-hybridized carbons (Fsp3) is 0.533. The van der Waals surface area contributed by atoms with Crippen molar-refractivity contribution in [1.29, 1.82) is 0 Å². The van der Waals surface area contributed by atoms with Gasteiger partial charge in [0.25, 0.3) is 5.91 Å². The lowest BCUT2D eigenvalue weighted by atomic mass is 10.1. The average Bonchev–Trinajstić information content (AvgIpc) is 2.39. The van der Waals surface area contributed by atoms with Gasteiger partial charge in [0.1, 0.15) is 0 Å². The van der Waals surface area contributed by atoms with Gasteiger partial charge < -0.3 is 10.2 Å². The molecule has 1 aliphatic heterocycles. The molecule has 0 aliphatic carbocycles. The number of thioether (sulfide) groups is 1. The van der Waals surface area contributed by atoms with E-state index in [1.165, 1.54) is 5.56 Å². The first-order valence-electron chi connectivity index (χ1n) is 6.86. The second-order valence-electron chi connectivity index (χ2n) is 5.00. The Morgan fingerprint density at radius 1 is 1.53 bits per heavy atom. The molecule has 2 rings (SSSR count). The molecule has 1 amide bonds. The zero-order valence-corrected chi connectivity index (χ0v) is 12.7. The molecule has 4 heteroatoms. The molecular weight excluding hydrogens is 256 g/mol. The molecule has 104 valence electrons. The van der Waals surface area contributed by atoms with Crippen LogP contribution in [0.15, 0.2) is 18.2 Å². The maximum Gasteiger partial charge on any atom is 0.256 e. The van der Waals surface area contributed by atoms with Gasteiger partial charge in [0.05, 0.1) is 5.56 Å². The van der Waals surface area contributed by atoms with Crippen LogP contribution in [0.4, 0.5) is 5.69 Å². The topological polar surface area (TPSA) is 32.3 Å². The van der Waals surface area contributed by atoms with E-state index in [2.05, 4.69) is 32.2 Å². The van der Waals surface area contributed by atoms with E-state index in [4.69, 9.17) is 0 Å². The molecule has 1 aliphatic rings. The summed E-state index contributed by atoms with van der Waals surface area (Å²) in [7, 11) is 0. The summed E-state index contributed by atoms with van der Waals surface area (Å²) in [6.45, 7) is 7.91. The van der Waals surface area contributed by atoms with Crippen LogP contribution >= 0.6 is 11.8 Å². The molecule has 0 radical (unpaired) electrons. The van der Waals surface area contributed by atoms with Crippen LogP contribution in [0.2, 0.25) is 0 Å². The van der Waals surface area contributed by atoms with Crippen molar-refractivity contribution in [3.8, 4) is 0 Å². The standard InChI is InChI=1S/C15H22N2OS/c1-4-16-14-9-11(2)5-6-13(14)15(18)17-7-8-19-10-12(17)3/h5-6,9,12,16H,4,7-8,10H2,1-3H3. The van der Waals surface area contributed by atoms with Gasteiger partial charge in [-0.3, -0.25) is 4.79 Å². The minimum Gasteiger partial charge on any atom is -0.385 e. The minimum atomic E-state index is 0.156. The number of amides is 1. The van der Waals surface area contributed by atoms with Crippen molar-refractivity contribution in [1.82, 2.24) is 4.90 Å². The monoisotopic (exact) mass is 278 g/mol. The Hall–Kier alpha value is -1.16.